The van der Waals surface area contributed by atoms with Crippen LogP contribution >= 0.6 is 11.6 Å². The van der Waals surface area contributed by atoms with Crippen molar-refractivity contribution in [1.29, 1.82) is 0 Å². The van der Waals surface area contributed by atoms with Gasteiger partial charge in [0.05, 0.1) is 0 Å². The third-order valence-corrected chi connectivity index (χ3v) is 3.20. The van der Waals surface area contributed by atoms with Crippen LogP contribution in [0.3, 0.4) is 0 Å². The summed E-state index contributed by atoms with van der Waals surface area (Å²) in [7, 11) is 0. The largest absolute Gasteiger partial charge is 0.349 e. The molecule has 8 heteroatoms. The van der Waals surface area contributed by atoms with Gasteiger partial charge in [0.1, 0.15) is 5.69 Å². The van der Waals surface area contributed by atoms with Crippen molar-refractivity contribution < 1.29 is 0 Å². The second kappa shape index (κ2) is 5.92. The molecule has 2 heterocycles. The molecule has 0 aliphatic heterocycles. The molecule has 0 aromatic carbocycles. The van der Waals surface area contributed by atoms with Crippen LogP contribution in [0.15, 0.2) is 47.4 Å². The molecule has 2 aliphatic rings. The van der Waals surface area contributed by atoms with Gasteiger partial charge in [-0.15, -0.1) is 0 Å². The number of fused-ring (bicyclic) bond motifs is 1. The van der Waals surface area contributed by atoms with E-state index < -0.39 is 5.69 Å². The first-order chi connectivity index (χ1) is 10.7. The van der Waals surface area contributed by atoms with Crippen LogP contribution in [-0.2, 0) is 0 Å². The summed E-state index contributed by atoms with van der Waals surface area (Å²) in [5.74, 6) is 5.38. The van der Waals surface area contributed by atoms with Gasteiger partial charge in [0.25, 0.3) is 0 Å². The van der Waals surface area contributed by atoms with Crippen LogP contribution in [0, 0.1) is 0 Å². The highest BCUT2D eigenvalue weighted by Gasteiger charge is 2.06. The minimum absolute atomic E-state index is 0.0144. The number of hydrazine groups is 1. The van der Waals surface area contributed by atoms with Gasteiger partial charge in [0.2, 0.25) is 5.95 Å². The number of rotatable bonds is 2. The van der Waals surface area contributed by atoms with Crippen LogP contribution < -0.4 is 17.0 Å². The van der Waals surface area contributed by atoms with Crippen molar-refractivity contribution in [2.75, 3.05) is 5.43 Å². The standard InChI is InChI=1S/C8H7ClN6O.C6H4/c9-4-1-2-11-5(3-4)6-12-7(15-10)14-8(16)13-6;1-2-6-4-3-5(1)6/h1-3H,10H2,(H2,12,13,14,15,16);1-4H. The van der Waals surface area contributed by atoms with Crippen LogP contribution in [0.4, 0.5) is 5.95 Å². The summed E-state index contributed by atoms with van der Waals surface area (Å²) in [5, 5.41) is 0.492. The molecule has 0 atom stereocenters. The lowest BCUT2D eigenvalue weighted by molar-refractivity contribution is 0.977. The Morgan fingerprint density at radius 3 is 2.27 bits per heavy atom. The van der Waals surface area contributed by atoms with Gasteiger partial charge in [-0.05, 0) is 23.3 Å². The first-order valence-electron chi connectivity index (χ1n) is 6.33. The second-order valence-corrected chi connectivity index (χ2v) is 4.84. The van der Waals surface area contributed by atoms with Gasteiger partial charge < -0.3 is 0 Å². The number of hydrogen-bond acceptors (Lipinski definition) is 6. The van der Waals surface area contributed by atoms with Crippen molar-refractivity contribution in [2.24, 2.45) is 5.84 Å². The zero-order valence-electron chi connectivity index (χ0n) is 11.2. The number of nitrogens with two attached hydrogens (primary N) is 1. The molecule has 0 fully saturated rings. The molecule has 0 radical (unpaired) electrons. The minimum Gasteiger partial charge on any atom is -0.292 e. The number of halogens is 1. The van der Waals surface area contributed by atoms with E-state index in [-0.39, 0.29) is 11.8 Å². The van der Waals surface area contributed by atoms with Crippen LogP contribution in [0.5, 0.6) is 0 Å². The minimum atomic E-state index is -0.570. The molecule has 0 saturated carbocycles. The zero-order chi connectivity index (χ0) is 15.5. The monoisotopic (exact) mass is 314 g/mol. The van der Waals surface area contributed by atoms with Crippen molar-refractivity contribution >= 4 is 17.5 Å². The average Bonchev–Trinajstić information content (AvgIpc) is 2.51. The van der Waals surface area contributed by atoms with E-state index in [1.165, 1.54) is 17.3 Å². The van der Waals surface area contributed by atoms with E-state index in [1.807, 2.05) is 0 Å². The van der Waals surface area contributed by atoms with Gasteiger partial charge in [-0.1, -0.05) is 35.9 Å². The van der Waals surface area contributed by atoms with E-state index in [0.717, 1.165) is 0 Å². The average molecular weight is 315 g/mol. The fourth-order valence-corrected chi connectivity index (χ4v) is 1.93. The highest BCUT2D eigenvalue weighted by atomic mass is 35.5. The molecular weight excluding hydrogens is 304 g/mol. The third-order valence-electron chi connectivity index (χ3n) is 2.96. The summed E-state index contributed by atoms with van der Waals surface area (Å²) in [4.78, 5) is 25.0. The van der Waals surface area contributed by atoms with Gasteiger partial charge in [-0.25, -0.2) is 10.6 Å². The summed E-state index contributed by atoms with van der Waals surface area (Å²) >= 11 is 5.79. The predicted molar refractivity (Wildman–Crippen MR) is 84.1 cm³/mol. The lowest BCUT2D eigenvalue weighted by Gasteiger charge is -2.10. The van der Waals surface area contributed by atoms with Crippen molar-refractivity contribution in [3.63, 3.8) is 0 Å². The van der Waals surface area contributed by atoms with E-state index in [9.17, 15) is 4.79 Å². The molecule has 7 nitrogen and oxygen atoms in total. The Hall–Kier alpha value is -2.77. The van der Waals surface area contributed by atoms with Crippen molar-refractivity contribution in [3.05, 3.63) is 58.1 Å². The van der Waals surface area contributed by atoms with Gasteiger partial charge in [-0.3, -0.25) is 15.4 Å². The molecule has 0 unspecified atom stereocenters. The predicted octanol–water partition coefficient (Wildman–Crippen LogP) is 1.83. The molecule has 4 N–H and O–H groups in total. The summed E-state index contributed by atoms with van der Waals surface area (Å²) in [6, 6.07) is 11.7. The molecular formula is C14H11ClN6O. The van der Waals surface area contributed by atoms with Crippen LogP contribution in [0.25, 0.3) is 22.6 Å². The van der Waals surface area contributed by atoms with Gasteiger partial charge >= 0.3 is 5.69 Å². The molecule has 0 spiro atoms. The van der Waals surface area contributed by atoms with Crippen molar-refractivity contribution in [1.82, 2.24) is 19.9 Å². The number of nitrogens with zero attached hydrogens (tertiary/aromatic N) is 3. The number of pyridine rings is 1. The Morgan fingerprint density at radius 1 is 1.09 bits per heavy atom. The molecule has 110 valence electrons. The molecule has 0 amide bonds. The maximum Gasteiger partial charge on any atom is 0.349 e. The molecule has 22 heavy (non-hydrogen) atoms. The number of H-pyrrole nitrogens is 1. The van der Waals surface area contributed by atoms with Crippen LogP contribution in [0.1, 0.15) is 0 Å². The van der Waals surface area contributed by atoms with E-state index in [2.05, 4.69) is 49.6 Å². The molecule has 2 aromatic heterocycles. The van der Waals surface area contributed by atoms with Crippen LogP contribution in [-0.4, -0.2) is 19.9 Å². The van der Waals surface area contributed by atoms with Gasteiger partial charge in [-0.2, -0.15) is 9.97 Å². The number of nitrogens with one attached hydrogen (secondary N) is 2. The summed E-state index contributed by atoms with van der Waals surface area (Å²) in [6.07, 6.45) is 1.51. The number of nitrogen functional groups attached to an aromatic ring is 1. The quantitative estimate of drug-likeness (QED) is 0.384. The smallest absolute Gasteiger partial charge is 0.292 e. The highest BCUT2D eigenvalue weighted by molar-refractivity contribution is 6.30. The van der Waals surface area contributed by atoms with Crippen molar-refractivity contribution in [3.8, 4) is 22.6 Å². The van der Waals surface area contributed by atoms with E-state index >= 15 is 0 Å². The van der Waals surface area contributed by atoms with E-state index in [1.54, 1.807) is 12.1 Å². The van der Waals surface area contributed by atoms with E-state index in [0.29, 0.717) is 10.7 Å². The topological polar surface area (TPSA) is 110 Å². The maximum absolute atomic E-state index is 11.2. The number of benzene rings is 1. The number of hydrogen-bond donors (Lipinski definition) is 3. The van der Waals surface area contributed by atoms with Crippen molar-refractivity contribution in [2.45, 2.75) is 0 Å². The Kier molecular flexibility index (Phi) is 3.82. The fraction of sp³-hybridized carbons (Fsp3) is 0. The molecule has 4 rings (SSSR count). The summed E-state index contributed by atoms with van der Waals surface area (Å²) in [5.41, 5.74) is 4.91. The lowest BCUT2D eigenvalue weighted by Crippen LogP contribution is -2.19. The third kappa shape index (κ3) is 2.95. The Labute approximate surface area is 130 Å². The zero-order valence-corrected chi connectivity index (χ0v) is 12.0. The lowest BCUT2D eigenvalue weighted by atomic mass is 9.95. The first-order valence-corrected chi connectivity index (χ1v) is 6.71. The summed E-state index contributed by atoms with van der Waals surface area (Å²) in [6.45, 7) is 0. The Balaban J connectivity index is 0.000000196. The van der Waals surface area contributed by atoms with Crippen LogP contribution in [0.2, 0.25) is 5.02 Å². The molecule has 0 saturated heterocycles. The highest BCUT2D eigenvalue weighted by Crippen LogP contribution is 2.29. The number of aromatic nitrogens is 4. The Morgan fingerprint density at radius 2 is 1.77 bits per heavy atom. The second-order valence-electron chi connectivity index (χ2n) is 4.41. The number of anilines is 1. The fourth-order valence-electron chi connectivity index (χ4n) is 1.77. The first kappa shape index (κ1) is 14.2. The van der Waals surface area contributed by atoms with Gasteiger partial charge in [0, 0.05) is 11.2 Å². The summed E-state index contributed by atoms with van der Waals surface area (Å²) < 4.78 is 0. The molecule has 2 aliphatic carbocycles. The number of aromatic amines is 1. The maximum atomic E-state index is 11.2. The normalized spacial score (nSPS) is 10.5. The molecule has 2 aromatic rings. The molecule has 0 bridgehead atoms. The van der Waals surface area contributed by atoms with E-state index in [4.69, 9.17) is 17.4 Å². The van der Waals surface area contributed by atoms with Gasteiger partial charge in [0.15, 0.2) is 5.82 Å². The SMILES string of the molecule is NNc1nc(-c2cc(Cl)ccn2)[nH]c(=O)n1.c1cc2ccc1-2. The Bertz CT molecular complexity index is 841.